The van der Waals surface area contributed by atoms with Gasteiger partial charge in [-0.2, -0.15) is 0 Å². The minimum absolute atomic E-state index is 0.0357. The van der Waals surface area contributed by atoms with E-state index in [0.717, 1.165) is 0 Å². The first-order chi connectivity index (χ1) is 10.5. The predicted octanol–water partition coefficient (Wildman–Crippen LogP) is 1.83. The summed E-state index contributed by atoms with van der Waals surface area (Å²) < 4.78 is 14.8. The second-order valence-electron chi connectivity index (χ2n) is 5.31. The zero-order chi connectivity index (χ0) is 16.0. The van der Waals surface area contributed by atoms with Crippen molar-refractivity contribution in [1.29, 1.82) is 0 Å². The van der Waals surface area contributed by atoms with E-state index in [1.165, 1.54) is 24.3 Å². The lowest BCUT2D eigenvalue weighted by atomic mass is 9.96. The lowest BCUT2D eigenvalue weighted by Gasteiger charge is -2.24. The van der Waals surface area contributed by atoms with Crippen molar-refractivity contribution in [3.63, 3.8) is 0 Å². The number of hydrogen-bond acceptors (Lipinski definition) is 2. The topological polar surface area (TPSA) is 66.3 Å². The van der Waals surface area contributed by atoms with Crippen molar-refractivity contribution in [3.8, 4) is 0 Å². The summed E-state index contributed by atoms with van der Waals surface area (Å²) in [5.41, 5.74) is -0.715. The van der Waals surface area contributed by atoms with Gasteiger partial charge in [0.1, 0.15) is 11.4 Å². The van der Waals surface area contributed by atoms with Crippen LogP contribution in [0.15, 0.2) is 48.8 Å². The largest absolute Gasteiger partial charge is 0.384 e. The summed E-state index contributed by atoms with van der Waals surface area (Å²) in [7, 11) is 0. The molecule has 1 atom stereocenters. The summed E-state index contributed by atoms with van der Waals surface area (Å²) in [6.45, 7) is 2.77. The number of urea groups is 1. The van der Waals surface area contributed by atoms with Crippen LogP contribution < -0.4 is 10.6 Å². The zero-order valence-corrected chi connectivity index (χ0v) is 12.4. The minimum atomic E-state index is -1.26. The summed E-state index contributed by atoms with van der Waals surface area (Å²) in [5.74, 6) is -0.365. The monoisotopic (exact) mass is 305 g/mol. The number of carbonyl (C=O) groups excluding carboxylic acids is 1. The van der Waals surface area contributed by atoms with E-state index < -0.39 is 5.60 Å². The van der Waals surface area contributed by atoms with E-state index in [9.17, 15) is 14.3 Å². The Labute approximate surface area is 128 Å². The first-order valence-corrected chi connectivity index (χ1v) is 7.08. The Kier molecular flexibility index (Phi) is 5.16. The molecule has 1 aromatic heterocycles. The molecule has 2 rings (SSSR count). The van der Waals surface area contributed by atoms with E-state index in [1.54, 1.807) is 6.92 Å². The van der Waals surface area contributed by atoms with Crippen LogP contribution >= 0.6 is 0 Å². The first kappa shape index (κ1) is 16.0. The first-order valence-electron chi connectivity index (χ1n) is 7.08. The maximum absolute atomic E-state index is 12.9. The predicted molar refractivity (Wildman–Crippen MR) is 81.8 cm³/mol. The Bertz CT molecular complexity index is 594. The summed E-state index contributed by atoms with van der Waals surface area (Å²) in [6.07, 6.45) is 3.83. The standard InChI is InChI=1S/C16H20FN3O2/c1-16(22,13-4-6-14(17)7-5-13)12-19-15(21)18-8-11-20-9-2-3-10-20/h2-7,9-10,22H,8,11-12H2,1H3,(H2,18,19,21). The van der Waals surface area contributed by atoms with Gasteiger partial charge in [0, 0.05) is 25.5 Å². The third kappa shape index (κ3) is 4.60. The molecule has 3 N–H and O–H groups in total. The highest BCUT2D eigenvalue weighted by molar-refractivity contribution is 5.73. The van der Waals surface area contributed by atoms with Gasteiger partial charge in [0.25, 0.3) is 0 Å². The second-order valence-corrected chi connectivity index (χ2v) is 5.31. The Morgan fingerprint density at radius 1 is 1.23 bits per heavy atom. The van der Waals surface area contributed by atoms with Gasteiger partial charge in [0.2, 0.25) is 0 Å². The molecule has 6 heteroatoms. The highest BCUT2D eigenvalue weighted by atomic mass is 19.1. The van der Waals surface area contributed by atoms with Crippen LogP contribution in [0, 0.1) is 5.82 Å². The van der Waals surface area contributed by atoms with Gasteiger partial charge < -0.3 is 20.3 Å². The van der Waals surface area contributed by atoms with E-state index >= 15 is 0 Å². The molecule has 1 aromatic carbocycles. The van der Waals surface area contributed by atoms with Crippen LogP contribution in [0.4, 0.5) is 9.18 Å². The average molecular weight is 305 g/mol. The summed E-state index contributed by atoms with van der Waals surface area (Å²) in [6, 6.07) is 9.04. The highest BCUT2D eigenvalue weighted by Crippen LogP contribution is 2.19. The Morgan fingerprint density at radius 2 is 1.86 bits per heavy atom. The van der Waals surface area contributed by atoms with Gasteiger partial charge in [0.15, 0.2) is 0 Å². The van der Waals surface area contributed by atoms with Crippen LogP contribution in [0.3, 0.4) is 0 Å². The number of halogens is 1. The molecule has 0 saturated heterocycles. The maximum Gasteiger partial charge on any atom is 0.314 e. The van der Waals surface area contributed by atoms with Gasteiger partial charge in [-0.1, -0.05) is 12.1 Å². The Hall–Kier alpha value is -2.34. The molecule has 0 bridgehead atoms. The fourth-order valence-electron chi connectivity index (χ4n) is 2.04. The molecule has 118 valence electrons. The van der Waals surface area contributed by atoms with Gasteiger partial charge >= 0.3 is 6.03 Å². The van der Waals surface area contributed by atoms with E-state index in [0.29, 0.717) is 18.7 Å². The van der Waals surface area contributed by atoms with Crippen LogP contribution in [0.25, 0.3) is 0 Å². The molecule has 0 radical (unpaired) electrons. The van der Waals surface area contributed by atoms with Crippen LogP contribution in [-0.4, -0.2) is 28.8 Å². The van der Waals surface area contributed by atoms with Crippen molar-refractivity contribution in [2.75, 3.05) is 13.1 Å². The zero-order valence-electron chi connectivity index (χ0n) is 12.4. The number of rotatable bonds is 6. The third-order valence-electron chi connectivity index (χ3n) is 3.38. The van der Waals surface area contributed by atoms with Gasteiger partial charge in [-0.3, -0.25) is 0 Å². The molecule has 2 amide bonds. The second kappa shape index (κ2) is 7.09. The quantitative estimate of drug-likeness (QED) is 0.762. The van der Waals surface area contributed by atoms with Crippen LogP contribution in [0.2, 0.25) is 0 Å². The highest BCUT2D eigenvalue weighted by Gasteiger charge is 2.23. The lowest BCUT2D eigenvalue weighted by molar-refractivity contribution is 0.0593. The van der Waals surface area contributed by atoms with Crippen molar-refractivity contribution in [2.24, 2.45) is 0 Å². The van der Waals surface area contributed by atoms with E-state index in [-0.39, 0.29) is 18.4 Å². The van der Waals surface area contributed by atoms with Crippen molar-refractivity contribution in [1.82, 2.24) is 15.2 Å². The number of nitrogens with zero attached hydrogens (tertiary/aromatic N) is 1. The van der Waals surface area contributed by atoms with Crippen molar-refractivity contribution in [2.45, 2.75) is 19.1 Å². The molecular formula is C16H20FN3O2. The maximum atomic E-state index is 12.9. The molecule has 0 saturated carbocycles. The lowest BCUT2D eigenvalue weighted by Crippen LogP contribution is -2.44. The number of aliphatic hydroxyl groups is 1. The number of aromatic nitrogens is 1. The molecule has 5 nitrogen and oxygen atoms in total. The molecule has 0 aliphatic carbocycles. The number of hydrogen-bond donors (Lipinski definition) is 3. The smallest absolute Gasteiger partial charge is 0.314 e. The number of nitrogens with one attached hydrogen (secondary N) is 2. The minimum Gasteiger partial charge on any atom is -0.384 e. The summed E-state index contributed by atoms with van der Waals surface area (Å²) in [5, 5.41) is 15.7. The van der Waals surface area contributed by atoms with Crippen molar-refractivity contribution in [3.05, 3.63) is 60.2 Å². The Balaban J connectivity index is 1.76. The molecule has 22 heavy (non-hydrogen) atoms. The fraction of sp³-hybridized carbons (Fsp3) is 0.312. The van der Waals surface area contributed by atoms with Crippen molar-refractivity contribution < 1.29 is 14.3 Å². The van der Waals surface area contributed by atoms with Gasteiger partial charge in [-0.15, -0.1) is 0 Å². The molecule has 0 aliphatic rings. The van der Waals surface area contributed by atoms with Crippen LogP contribution in [-0.2, 0) is 12.1 Å². The SMILES string of the molecule is CC(O)(CNC(=O)NCCn1cccc1)c1ccc(F)cc1. The average Bonchev–Trinajstić information content (AvgIpc) is 2.99. The fourth-order valence-corrected chi connectivity index (χ4v) is 2.04. The van der Waals surface area contributed by atoms with Gasteiger partial charge in [-0.05, 0) is 36.8 Å². The molecule has 1 unspecified atom stereocenters. The summed E-state index contributed by atoms with van der Waals surface area (Å²) in [4.78, 5) is 11.7. The van der Waals surface area contributed by atoms with E-state index in [1.807, 2.05) is 29.1 Å². The number of carbonyl (C=O) groups is 1. The molecule has 0 spiro atoms. The van der Waals surface area contributed by atoms with Crippen LogP contribution in [0.5, 0.6) is 0 Å². The molecule has 2 aromatic rings. The summed E-state index contributed by atoms with van der Waals surface area (Å²) >= 11 is 0. The molecule has 0 aliphatic heterocycles. The Morgan fingerprint density at radius 3 is 2.50 bits per heavy atom. The molecule has 1 heterocycles. The number of benzene rings is 1. The molecule has 0 fully saturated rings. The number of amides is 2. The normalized spacial score (nSPS) is 13.4. The van der Waals surface area contributed by atoms with E-state index in [2.05, 4.69) is 10.6 Å². The van der Waals surface area contributed by atoms with Gasteiger partial charge in [0.05, 0.1) is 6.54 Å². The van der Waals surface area contributed by atoms with Gasteiger partial charge in [-0.25, -0.2) is 9.18 Å². The third-order valence-corrected chi connectivity index (χ3v) is 3.38. The van der Waals surface area contributed by atoms with E-state index in [4.69, 9.17) is 0 Å². The van der Waals surface area contributed by atoms with Crippen molar-refractivity contribution >= 4 is 6.03 Å². The molecular weight excluding hydrogens is 285 g/mol. The van der Waals surface area contributed by atoms with Crippen LogP contribution in [0.1, 0.15) is 12.5 Å².